The maximum absolute atomic E-state index is 4.16. The summed E-state index contributed by atoms with van der Waals surface area (Å²) in [6.45, 7) is 0. The van der Waals surface area contributed by atoms with E-state index in [4.69, 9.17) is 0 Å². The fourth-order valence-corrected chi connectivity index (χ4v) is 1.81. The van der Waals surface area contributed by atoms with Gasteiger partial charge in [0.15, 0.2) is 6.33 Å². The molecule has 0 bridgehead atoms. The SMILES string of the molecule is [c]1nc(-c2cccc3ccccc23)c[nH]1. The predicted molar refractivity (Wildman–Crippen MR) is 60.4 cm³/mol. The minimum Gasteiger partial charge on any atom is -0.341 e. The molecule has 1 heterocycles. The molecule has 0 amide bonds. The molecule has 0 aliphatic heterocycles. The summed E-state index contributed by atoms with van der Waals surface area (Å²) in [5.41, 5.74) is 2.08. The van der Waals surface area contributed by atoms with Crippen LogP contribution in [0.15, 0.2) is 48.7 Å². The summed E-state index contributed by atoms with van der Waals surface area (Å²) in [5.74, 6) is 0. The van der Waals surface area contributed by atoms with Gasteiger partial charge in [-0.25, -0.2) is 4.98 Å². The fraction of sp³-hybridized carbons (Fsp3) is 0. The first-order valence-electron chi connectivity index (χ1n) is 4.85. The Bertz CT molecular complexity index is 577. The lowest BCUT2D eigenvalue weighted by molar-refractivity contribution is 1.29. The van der Waals surface area contributed by atoms with E-state index in [1.165, 1.54) is 10.8 Å². The zero-order valence-electron chi connectivity index (χ0n) is 8.07. The Balaban J connectivity index is 2.36. The Morgan fingerprint density at radius 3 is 2.73 bits per heavy atom. The molecular weight excluding hydrogens is 184 g/mol. The highest BCUT2D eigenvalue weighted by molar-refractivity contribution is 5.95. The summed E-state index contributed by atoms with van der Waals surface area (Å²) in [6.07, 6.45) is 4.58. The second-order valence-electron chi connectivity index (χ2n) is 3.42. The summed E-state index contributed by atoms with van der Waals surface area (Å²) in [7, 11) is 0. The van der Waals surface area contributed by atoms with Crippen molar-refractivity contribution in [2.45, 2.75) is 0 Å². The van der Waals surface area contributed by atoms with Gasteiger partial charge in [-0.2, -0.15) is 0 Å². The average molecular weight is 193 g/mol. The van der Waals surface area contributed by atoms with E-state index < -0.39 is 0 Å². The van der Waals surface area contributed by atoms with E-state index in [-0.39, 0.29) is 0 Å². The molecule has 0 atom stereocenters. The van der Waals surface area contributed by atoms with Gasteiger partial charge in [-0.05, 0) is 10.8 Å². The number of fused-ring (bicyclic) bond motifs is 1. The molecule has 0 spiro atoms. The molecule has 1 aromatic heterocycles. The monoisotopic (exact) mass is 193 g/mol. The smallest absolute Gasteiger partial charge is 0.174 e. The molecule has 2 heteroatoms. The molecule has 15 heavy (non-hydrogen) atoms. The zero-order chi connectivity index (χ0) is 10.1. The van der Waals surface area contributed by atoms with Crippen LogP contribution in [0.4, 0.5) is 0 Å². The third-order valence-electron chi connectivity index (χ3n) is 2.52. The van der Waals surface area contributed by atoms with Gasteiger partial charge < -0.3 is 4.98 Å². The summed E-state index contributed by atoms with van der Waals surface area (Å²) < 4.78 is 0. The average Bonchev–Trinajstić information content (AvgIpc) is 2.82. The van der Waals surface area contributed by atoms with E-state index in [1.807, 2.05) is 24.4 Å². The second-order valence-corrected chi connectivity index (χ2v) is 3.42. The molecule has 2 nitrogen and oxygen atoms in total. The summed E-state index contributed by atoms with van der Waals surface area (Å²) in [6, 6.07) is 14.5. The van der Waals surface area contributed by atoms with Crippen molar-refractivity contribution in [2.75, 3.05) is 0 Å². The van der Waals surface area contributed by atoms with E-state index in [1.54, 1.807) is 0 Å². The first-order chi connectivity index (χ1) is 7.45. The molecular formula is C13H9N2. The van der Waals surface area contributed by atoms with Crippen LogP contribution in [-0.4, -0.2) is 9.97 Å². The van der Waals surface area contributed by atoms with Crippen LogP contribution in [0.1, 0.15) is 0 Å². The number of nitrogens with one attached hydrogen (secondary N) is 1. The highest BCUT2D eigenvalue weighted by atomic mass is 14.9. The first kappa shape index (κ1) is 8.24. The molecule has 71 valence electrons. The zero-order valence-corrected chi connectivity index (χ0v) is 8.07. The van der Waals surface area contributed by atoms with Crippen molar-refractivity contribution in [1.29, 1.82) is 0 Å². The number of nitrogens with zero attached hydrogens (tertiary/aromatic N) is 1. The highest BCUT2D eigenvalue weighted by Gasteiger charge is 2.03. The van der Waals surface area contributed by atoms with Crippen LogP contribution in [0, 0.1) is 6.33 Å². The van der Waals surface area contributed by atoms with Crippen molar-refractivity contribution in [1.82, 2.24) is 9.97 Å². The molecule has 3 aromatic rings. The Hall–Kier alpha value is -2.09. The van der Waals surface area contributed by atoms with Gasteiger partial charge >= 0.3 is 0 Å². The molecule has 0 aliphatic rings. The van der Waals surface area contributed by atoms with Gasteiger partial charge in [0.05, 0.1) is 5.69 Å². The lowest BCUT2D eigenvalue weighted by Crippen LogP contribution is -1.80. The molecule has 0 fully saturated rings. The Labute approximate surface area is 87.6 Å². The van der Waals surface area contributed by atoms with Gasteiger partial charge in [0, 0.05) is 11.8 Å². The van der Waals surface area contributed by atoms with Gasteiger partial charge in [0.2, 0.25) is 0 Å². The van der Waals surface area contributed by atoms with Crippen LogP contribution >= 0.6 is 0 Å². The number of rotatable bonds is 1. The highest BCUT2D eigenvalue weighted by Crippen LogP contribution is 2.26. The number of imidazole rings is 1. The largest absolute Gasteiger partial charge is 0.341 e. The van der Waals surface area contributed by atoms with Gasteiger partial charge in [-0.15, -0.1) is 0 Å². The molecule has 2 aromatic carbocycles. The Kier molecular flexibility index (Phi) is 1.78. The molecule has 0 saturated carbocycles. The van der Waals surface area contributed by atoms with E-state index in [0.717, 1.165) is 11.3 Å². The second kappa shape index (κ2) is 3.24. The van der Waals surface area contributed by atoms with Crippen molar-refractivity contribution in [3.63, 3.8) is 0 Å². The Morgan fingerprint density at radius 2 is 1.87 bits per heavy atom. The molecule has 0 aliphatic carbocycles. The van der Waals surface area contributed by atoms with Crippen LogP contribution in [0.2, 0.25) is 0 Å². The van der Waals surface area contributed by atoms with Gasteiger partial charge in [0.1, 0.15) is 0 Å². The van der Waals surface area contributed by atoms with Crippen molar-refractivity contribution in [3.8, 4) is 11.3 Å². The van der Waals surface area contributed by atoms with Crippen LogP contribution in [0.5, 0.6) is 0 Å². The lowest BCUT2D eigenvalue weighted by Gasteiger charge is -2.02. The van der Waals surface area contributed by atoms with Crippen LogP contribution in [-0.2, 0) is 0 Å². The van der Waals surface area contributed by atoms with Gasteiger partial charge in [-0.3, -0.25) is 0 Å². The number of H-pyrrole nitrogens is 1. The number of hydrogen-bond acceptors (Lipinski definition) is 1. The maximum Gasteiger partial charge on any atom is 0.174 e. The maximum atomic E-state index is 4.16. The summed E-state index contributed by atoms with van der Waals surface area (Å²) in [5, 5.41) is 2.46. The summed E-state index contributed by atoms with van der Waals surface area (Å²) >= 11 is 0. The van der Waals surface area contributed by atoms with E-state index in [2.05, 4.69) is 40.6 Å². The van der Waals surface area contributed by atoms with Crippen LogP contribution in [0.25, 0.3) is 22.0 Å². The number of benzene rings is 2. The molecule has 1 N–H and O–H groups in total. The third-order valence-corrected chi connectivity index (χ3v) is 2.52. The van der Waals surface area contributed by atoms with E-state index in [0.29, 0.717) is 0 Å². The Morgan fingerprint density at radius 1 is 1.00 bits per heavy atom. The minimum absolute atomic E-state index is 0.937. The van der Waals surface area contributed by atoms with Crippen molar-refractivity contribution >= 4 is 10.8 Å². The molecule has 0 saturated heterocycles. The topological polar surface area (TPSA) is 28.7 Å². The standard InChI is InChI=1S/C13H9N2/c1-2-6-11-10(4-1)5-3-7-12(11)13-8-14-9-15-13/h1-8H,(H,14,15). The quantitative estimate of drug-likeness (QED) is 0.632. The molecule has 1 radical (unpaired) electrons. The number of aromatic nitrogens is 2. The third kappa shape index (κ3) is 1.31. The molecule has 0 unspecified atom stereocenters. The normalized spacial score (nSPS) is 10.7. The van der Waals surface area contributed by atoms with Crippen LogP contribution in [0.3, 0.4) is 0 Å². The van der Waals surface area contributed by atoms with Crippen molar-refractivity contribution in [2.24, 2.45) is 0 Å². The van der Waals surface area contributed by atoms with Crippen molar-refractivity contribution in [3.05, 3.63) is 55.0 Å². The van der Waals surface area contributed by atoms with Crippen LogP contribution < -0.4 is 0 Å². The minimum atomic E-state index is 0.937. The van der Waals surface area contributed by atoms with E-state index >= 15 is 0 Å². The van der Waals surface area contributed by atoms with Gasteiger partial charge in [0.25, 0.3) is 0 Å². The van der Waals surface area contributed by atoms with Gasteiger partial charge in [-0.1, -0.05) is 42.5 Å². The molecule has 3 rings (SSSR count). The number of hydrogen-bond donors (Lipinski definition) is 1. The first-order valence-corrected chi connectivity index (χ1v) is 4.85. The number of aromatic amines is 1. The predicted octanol–water partition coefficient (Wildman–Crippen LogP) is 3.03. The van der Waals surface area contributed by atoms with E-state index in [9.17, 15) is 0 Å². The lowest BCUT2D eigenvalue weighted by atomic mass is 10.0. The fourth-order valence-electron chi connectivity index (χ4n) is 1.81. The van der Waals surface area contributed by atoms with Crippen molar-refractivity contribution < 1.29 is 0 Å². The summed E-state index contributed by atoms with van der Waals surface area (Å²) in [4.78, 5) is 7.01.